The van der Waals surface area contributed by atoms with Gasteiger partial charge < -0.3 is 0 Å². The summed E-state index contributed by atoms with van der Waals surface area (Å²) in [5.41, 5.74) is 10.6. The van der Waals surface area contributed by atoms with Gasteiger partial charge >= 0.3 is 0 Å². The van der Waals surface area contributed by atoms with Crippen molar-refractivity contribution in [1.29, 1.82) is 0 Å². The minimum atomic E-state index is -0.156. The van der Waals surface area contributed by atoms with Crippen LogP contribution in [0, 0.1) is 0 Å². The van der Waals surface area contributed by atoms with Gasteiger partial charge in [-0.15, -0.1) is 0 Å². The van der Waals surface area contributed by atoms with E-state index in [4.69, 9.17) is 0 Å². The molecule has 2 rings (SSSR count). The maximum absolute atomic E-state index is 2.58. The van der Waals surface area contributed by atoms with E-state index in [0.29, 0.717) is 0 Å². The summed E-state index contributed by atoms with van der Waals surface area (Å²) in [6.07, 6.45) is 0. The van der Waals surface area contributed by atoms with Crippen LogP contribution in [0.4, 0.5) is 0 Å². The highest BCUT2D eigenvalue weighted by Gasteiger charge is 2.42. The molecular weight excluding hydrogens is 420 g/mol. The first kappa shape index (κ1) is 29.7. The lowest BCUT2D eigenvalue weighted by Crippen LogP contribution is -2.37. The zero-order valence-corrected chi connectivity index (χ0v) is 26.4. The van der Waals surface area contributed by atoms with E-state index in [-0.39, 0.29) is 32.5 Å². The van der Waals surface area contributed by atoms with E-state index in [1.54, 1.807) is 5.56 Å². The zero-order chi connectivity index (χ0) is 27.6. The monoisotopic (exact) mass is 476 g/mol. The summed E-state index contributed by atoms with van der Waals surface area (Å²) in [7, 11) is 0. The highest BCUT2D eigenvalue weighted by atomic mass is 14.5. The van der Waals surface area contributed by atoms with Crippen molar-refractivity contribution in [2.24, 2.45) is 0 Å². The van der Waals surface area contributed by atoms with Crippen LogP contribution in [-0.4, -0.2) is 0 Å². The summed E-state index contributed by atoms with van der Waals surface area (Å²) < 4.78 is 0. The second-order valence-electron chi connectivity index (χ2n) is 16.5. The first-order valence-electron chi connectivity index (χ1n) is 13.7. The Morgan fingerprint density at radius 3 is 0.943 bits per heavy atom. The number of benzene rings is 2. The number of rotatable bonds is 2. The van der Waals surface area contributed by atoms with Gasteiger partial charge in [-0.1, -0.05) is 148 Å². The summed E-state index contributed by atoms with van der Waals surface area (Å²) in [6.45, 7) is 40.8. The Morgan fingerprint density at radius 1 is 0.343 bits per heavy atom. The van der Waals surface area contributed by atoms with E-state index >= 15 is 0 Å². The molecule has 0 saturated carbocycles. The topological polar surface area (TPSA) is 0 Å². The molecule has 35 heavy (non-hydrogen) atoms. The maximum atomic E-state index is 2.58. The van der Waals surface area contributed by atoms with Gasteiger partial charge in [-0.25, -0.2) is 0 Å². The van der Waals surface area contributed by atoms with Crippen molar-refractivity contribution < 1.29 is 0 Å². The Hall–Kier alpha value is -1.56. The molecule has 0 aliphatic carbocycles. The average Bonchev–Trinajstić information content (AvgIpc) is 2.62. The molecule has 0 aliphatic heterocycles. The van der Waals surface area contributed by atoms with E-state index in [0.717, 1.165) is 0 Å². The third kappa shape index (κ3) is 5.89. The van der Waals surface area contributed by atoms with Crippen molar-refractivity contribution >= 4 is 0 Å². The molecule has 0 unspecified atom stereocenters. The van der Waals surface area contributed by atoms with Crippen LogP contribution in [0.3, 0.4) is 0 Å². The van der Waals surface area contributed by atoms with E-state index in [1.807, 2.05) is 0 Å². The fourth-order valence-electron chi connectivity index (χ4n) is 5.87. The van der Waals surface area contributed by atoms with Crippen molar-refractivity contribution in [2.45, 2.75) is 150 Å². The Kier molecular flexibility index (Phi) is 7.44. The second-order valence-corrected chi connectivity index (χ2v) is 16.5. The lowest BCUT2D eigenvalue weighted by molar-refractivity contribution is 0.465. The molecule has 2 aromatic rings. The fraction of sp³-hybridized carbons (Fsp3) is 0.657. The Balaban J connectivity index is 3.36. The van der Waals surface area contributed by atoms with Crippen LogP contribution >= 0.6 is 0 Å². The normalized spacial score (nSPS) is 14.4. The lowest BCUT2D eigenvalue weighted by atomic mass is 9.58. The van der Waals surface area contributed by atoms with Crippen LogP contribution in [0.15, 0.2) is 30.3 Å². The fourth-order valence-corrected chi connectivity index (χ4v) is 5.87. The quantitative estimate of drug-likeness (QED) is 0.404. The third-order valence-corrected chi connectivity index (χ3v) is 7.48. The molecule has 0 fully saturated rings. The molecule has 2 aromatic carbocycles. The van der Waals surface area contributed by atoms with Gasteiger partial charge in [0.15, 0.2) is 0 Å². The molecule has 0 aliphatic rings. The van der Waals surface area contributed by atoms with Crippen molar-refractivity contribution in [2.75, 3.05) is 0 Å². The van der Waals surface area contributed by atoms with Crippen LogP contribution in [0.1, 0.15) is 157 Å². The molecule has 196 valence electrons. The van der Waals surface area contributed by atoms with Crippen LogP contribution in [0.25, 0.3) is 0 Å². The van der Waals surface area contributed by atoms with E-state index in [9.17, 15) is 0 Å². The van der Waals surface area contributed by atoms with Crippen LogP contribution in [0.2, 0.25) is 0 Å². The Bertz CT molecular complexity index is 1010. The van der Waals surface area contributed by atoms with Crippen molar-refractivity contribution in [3.63, 3.8) is 0 Å². The van der Waals surface area contributed by atoms with Gasteiger partial charge in [0.2, 0.25) is 0 Å². The van der Waals surface area contributed by atoms with Crippen molar-refractivity contribution in [3.8, 4) is 0 Å². The molecule has 0 N–H and O–H groups in total. The molecule has 0 spiro atoms. The summed E-state index contributed by atoms with van der Waals surface area (Å²) in [5.74, 6) is 0. The molecule has 0 bridgehead atoms. The van der Waals surface area contributed by atoms with Gasteiger partial charge in [-0.2, -0.15) is 0 Å². The minimum Gasteiger partial charge on any atom is -0.0620 e. The first-order chi connectivity index (χ1) is 15.3. The Labute approximate surface area is 219 Å². The number of hydrogen-bond acceptors (Lipinski definition) is 0. The minimum absolute atomic E-state index is 0.0162. The van der Waals surface area contributed by atoms with E-state index in [2.05, 4.69) is 148 Å². The molecule has 0 heterocycles. The molecule has 0 radical (unpaired) electrons. The zero-order valence-electron chi connectivity index (χ0n) is 26.4. The highest BCUT2D eigenvalue weighted by Crippen LogP contribution is 2.52. The molecule has 0 amide bonds. The predicted octanol–water partition coefficient (Wildman–Crippen LogP) is 10.5. The molecule has 0 aromatic heterocycles. The molecule has 0 atom stereocenters. The standard InChI is InChI=1S/C35H56/c1-30(2,3)23-20-18-19-21-24(23)35(16,17)29-27(33(10,11)12)25(31(4,5)6)22-26(32(7,8)9)28(29)34(13,14)15/h18-22H,1-17H3. The van der Waals surface area contributed by atoms with Gasteiger partial charge in [0, 0.05) is 5.41 Å². The first-order valence-corrected chi connectivity index (χ1v) is 13.7. The second kappa shape index (κ2) is 8.78. The van der Waals surface area contributed by atoms with Gasteiger partial charge in [0.1, 0.15) is 0 Å². The summed E-state index contributed by atoms with van der Waals surface area (Å²) in [5, 5.41) is 0. The SMILES string of the molecule is CC(C)(C)c1ccccc1C(C)(C)c1c(C(C)(C)C)c(C(C)(C)C)cc(C(C)(C)C)c1C(C)(C)C. The molecule has 0 nitrogen and oxygen atoms in total. The number of hydrogen-bond donors (Lipinski definition) is 0. The van der Waals surface area contributed by atoms with Gasteiger partial charge in [-0.3, -0.25) is 0 Å². The van der Waals surface area contributed by atoms with Gasteiger partial charge in [0.05, 0.1) is 0 Å². The average molecular weight is 477 g/mol. The largest absolute Gasteiger partial charge is 0.0620 e. The van der Waals surface area contributed by atoms with Gasteiger partial charge in [-0.05, 0) is 66.0 Å². The van der Waals surface area contributed by atoms with Crippen LogP contribution in [-0.2, 0) is 32.5 Å². The van der Waals surface area contributed by atoms with Gasteiger partial charge in [0.25, 0.3) is 0 Å². The molecular formula is C35H56. The van der Waals surface area contributed by atoms with Crippen LogP contribution in [0.5, 0.6) is 0 Å². The predicted molar refractivity (Wildman–Crippen MR) is 159 cm³/mol. The third-order valence-electron chi connectivity index (χ3n) is 7.48. The summed E-state index contributed by atoms with van der Waals surface area (Å²) >= 11 is 0. The highest BCUT2D eigenvalue weighted by molar-refractivity contribution is 5.61. The van der Waals surface area contributed by atoms with E-state index in [1.165, 1.54) is 33.4 Å². The summed E-state index contributed by atoms with van der Waals surface area (Å²) in [4.78, 5) is 0. The summed E-state index contributed by atoms with van der Waals surface area (Å²) in [6, 6.07) is 11.8. The van der Waals surface area contributed by atoms with Crippen LogP contribution < -0.4 is 0 Å². The molecule has 0 heteroatoms. The van der Waals surface area contributed by atoms with Crippen molar-refractivity contribution in [1.82, 2.24) is 0 Å². The smallest absolute Gasteiger partial charge is 0.0155 e. The molecule has 0 saturated heterocycles. The maximum Gasteiger partial charge on any atom is 0.0155 e. The van der Waals surface area contributed by atoms with Crippen molar-refractivity contribution in [3.05, 3.63) is 69.3 Å². The Morgan fingerprint density at radius 2 is 0.657 bits per heavy atom. The lowest BCUT2D eigenvalue weighted by Gasteiger charge is -2.46. The van der Waals surface area contributed by atoms with E-state index < -0.39 is 0 Å².